The summed E-state index contributed by atoms with van der Waals surface area (Å²) in [4.78, 5) is 9.17. The minimum Gasteiger partial charge on any atom is -0.339 e. The van der Waals surface area contributed by atoms with Crippen molar-refractivity contribution in [3.8, 4) is 33.9 Å². The van der Waals surface area contributed by atoms with Gasteiger partial charge in [-0.3, -0.25) is 9.08 Å². The van der Waals surface area contributed by atoms with Crippen LogP contribution in [-0.2, 0) is 5.54 Å². The third-order valence-corrected chi connectivity index (χ3v) is 9.19. The molecule has 0 N–H and O–H groups in total. The van der Waals surface area contributed by atoms with Gasteiger partial charge in [0.05, 0.1) is 6.20 Å². The fourth-order valence-electron chi connectivity index (χ4n) is 6.83. The Morgan fingerprint density at radius 1 is 0.857 bits per heavy atom. The summed E-state index contributed by atoms with van der Waals surface area (Å²) >= 11 is 0. The lowest BCUT2D eigenvalue weighted by Crippen LogP contribution is -2.43. The zero-order chi connectivity index (χ0) is 33.5. The van der Waals surface area contributed by atoms with Crippen LogP contribution in [0, 0.1) is 17.6 Å². The molecular formula is C40H32F2N6O. The van der Waals surface area contributed by atoms with E-state index in [1.165, 1.54) is 12.1 Å². The van der Waals surface area contributed by atoms with E-state index in [0.717, 1.165) is 29.2 Å². The monoisotopic (exact) mass is 650 g/mol. The summed E-state index contributed by atoms with van der Waals surface area (Å²) in [6.07, 6.45) is 14.8. The van der Waals surface area contributed by atoms with Crippen LogP contribution in [0.1, 0.15) is 43.2 Å². The number of hydrogen-bond donors (Lipinski definition) is 0. The zero-order valence-electron chi connectivity index (χ0n) is 26.9. The molecule has 7 nitrogen and oxygen atoms in total. The Balaban J connectivity index is 1.40. The van der Waals surface area contributed by atoms with Gasteiger partial charge in [0.25, 0.3) is 0 Å². The molecule has 49 heavy (non-hydrogen) atoms. The van der Waals surface area contributed by atoms with Crippen LogP contribution >= 0.6 is 0 Å². The Morgan fingerprint density at radius 3 is 2.27 bits per heavy atom. The molecule has 7 aromatic rings. The maximum absolute atomic E-state index is 15.7. The topological polar surface area (TPSA) is 74.0 Å². The van der Waals surface area contributed by atoms with Crippen molar-refractivity contribution >= 4 is 5.65 Å². The molecule has 0 saturated carbocycles. The summed E-state index contributed by atoms with van der Waals surface area (Å²) in [5.74, 6) is -0.389. The van der Waals surface area contributed by atoms with E-state index in [9.17, 15) is 4.39 Å². The maximum Gasteiger partial charge on any atom is 0.229 e. The second kappa shape index (κ2) is 12.2. The smallest absolute Gasteiger partial charge is 0.229 e. The molecule has 0 bridgehead atoms. The predicted octanol–water partition coefficient (Wildman–Crippen LogP) is 9.24. The van der Waals surface area contributed by atoms with Crippen LogP contribution in [0.4, 0.5) is 8.78 Å². The summed E-state index contributed by atoms with van der Waals surface area (Å²) in [6.45, 7) is 3.98. The second-order valence-electron chi connectivity index (χ2n) is 12.5. The number of fused-ring (bicyclic) bond motifs is 1. The minimum atomic E-state index is -0.824. The molecule has 1 aliphatic rings. The van der Waals surface area contributed by atoms with Crippen LogP contribution in [0.2, 0.25) is 0 Å². The molecule has 0 radical (unpaired) electrons. The molecule has 1 unspecified atom stereocenters. The summed E-state index contributed by atoms with van der Waals surface area (Å²) in [6, 6.07) is 28.0. The first kappa shape index (κ1) is 30.4. The van der Waals surface area contributed by atoms with Crippen molar-refractivity contribution in [2.24, 2.45) is 5.92 Å². The molecule has 8 rings (SSSR count). The molecule has 0 aliphatic heterocycles. The van der Waals surface area contributed by atoms with Crippen LogP contribution in [0.5, 0.6) is 0 Å². The molecule has 3 aromatic carbocycles. The van der Waals surface area contributed by atoms with Crippen LogP contribution in [0.3, 0.4) is 0 Å². The summed E-state index contributed by atoms with van der Waals surface area (Å²) in [5.41, 5.74) is 4.54. The molecule has 242 valence electrons. The molecule has 1 aliphatic carbocycles. The number of pyridine rings is 1. The van der Waals surface area contributed by atoms with E-state index in [2.05, 4.69) is 63.7 Å². The second-order valence-corrected chi connectivity index (χ2v) is 12.5. The number of rotatable bonds is 8. The van der Waals surface area contributed by atoms with Gasteiger partial charge in [-0.2, -0.15) is 10.1 Å². The third-order valence-electron chi connectivity index (χ3n) is 9.19. The van der Waals surface area contributed by atoms with Crippen molar-refractivity contribution in [1.82, 2.24) is 29.3 Å². The molecule has 4 heterocycles. The van der Waals surface area contributed by atoms with Crippen molar-refractivity contribution in [1.29, 1.82) is 0 Å². The van der Waals surface area contributed by atoms with Crippen molar-refractivity contribution in [3.05, 3.63) is 163 Å². The molecule has 0 amide bonds. The van der Waals surface area contributed by atoms with Crippen molar-refractivity contribution in [2.45, 2.75) is 31.7 Å². The number of nitrogens with zero attached hydrogens (tertiary/aromatic N) is 6. The van der Waals surface area contributed by atoms with E-state index in [1.54, 1.807) is 6.20 Å². The predicted molar refractivity (Wildman–Crippen MR) is 185 cm³/mol. The molecular weight excluding hydrogens is 618 g/mol. The maximum atomic E-state index is 15.7. The van der Waals surface area contributed by atoms with Gasteiger partial charge in [0.1, 0.15) is 34.2 Å². The first-order chi connectivity index (χ1) is 23.9. The lowest BCUT2D eigenvalue weighted by atomic mass is 9.70. The van der Waals surface area contributed by atoms with Crippen LogP contribution in [0.15, 0.2) is 138 Å². The fourth-order valence-corrected chi connectivity index (χ4v) is 6.83. The highest BCUT2D eigenvalue weighted by atomic mass is 19.1. The SMILES string of the molecule is CC(C)c1nc(-c2cnc3ccc(-c4cn(C(c5ccccc5)(c5ccccc5)C5C=CC=CC5)nc4-c4ccc(F)cc4F)cn23)no1. The highest BCUT2D eigenvalue weighted by molar-refractivity contribution is 5.81. The van der Waals surface area contributed by atoms with Gasteiger partial charge in [-0.25, -0.2) is 13.8 Å². The highest BCUT2D eigenvalue weighted by Gasteiger charge is 2.44. The van der Waals surface area contributed by atoms with Crippen molar-refractivity contribution in [3.63, 3.8) is 0 Å². The minimum absolute atomic E-state index is 0.0444. The average Bonchev–Trinajstić information content (AvgIpc) is 3.89. The van der Waals surface area contributed by atoms with E-state index in [4.69, 9.17) is 9.62 Å². The lowest BCUT2D eigenvalue weighted by Gasteiger charge is -2.41. The molecule has 0 fully saturated rings. The number of benzene rings is 3. The third kappa shape index (κ3) is 5.18. The molecule has 4 aromatic heterocycles. The Bertz CT molecular complexity index is 2300. The molecule has 0 saturated heterocycles. The normalized spacial score (nSPS) is 14.7. The highest BCUT2D eigenvalue weighted by Crippen LogP contribution is 2.46. The summed E-state index contributed by atoms with van der Waals surface area (Å²) < 4.78 is 39.4. The van der Waals surface area contributed by atoms with Gasteiger partial charge in [-0.15, -0.1) is 0 Å². The number of hydrogen-bond acceptors (Lipinski definition) is 5. The first-order valence-electron chi connectivity index (χ1n) is 16.2. The van der Waals surface area contributed by atoms with Crippen LogP contribution < -0.4 is 0 Å². The number of allylic oxidation sites excluding steroid dienone is 4. The van der Waals surface area contributed by atoms with Gasteiger partial charge in [0.15, 0.2) is 0 Å². The van der Waals surface area contributed by atoms with E-state index in [0.29, 0.717) is 34.3 Å². The van der Waals surface area contributed by atoms with E-state index in [1.807, 2.05) is 83.9 Å². The fraction of sp³-hybridized carbons (Fsp3) is 0.150. The van der Waals surface area contributed by atoms with E-state index >= 15 is 4.39 Å². The van der Waals surface area contributed by atoms with Gasteiger partial charge >= 0.3 is 0 Å². The Kier molecular flexibility index (Phi) is 7.59. The van der Waals surface area contributed by atoms with Gasteiger partial charge in [-0.05, 0) is 41.8 Å². The van der Waals surface area contributed by atoms with Gasteiger partial charge in [0.2, 0.25) is 11.7 Å². The standard InChI is InChI=1S/C40H32F2N6O/c1-26(2)39-44-38(46-49-39)35-23-43-36-21-18-27(24-47(35)36)33-25-48(45-37(33)32-20-19-31(41)22-34(32)42)40(28-12-6-3-7-13-28,29-14-8-4-9-15-29)30-16-10-5-11-17-30/h3-16,18-26,30H,17H2,1-2H3. The quantitative estimate of drug-likeness (QED) is 0.164. The first-order valence-corrected chi connectivity index (χ1v) is 16.2. The lowest BCUT2D eigenvalue weighted by molar-refractivity contribution is 0.293. The van der Waals surface area contributed by atoms with E-state index < -0.39 is 17.2 Å². The summed E-state index contributed by atoms with van der Waals surface area (Å²) in [5, 5.41) is 9.46. The number of imidazole rings is 1. The van der Waals surface area contributed by atoms with Crippen molar-refractivity contribution in [2.75, 3.05) is 0 Å². The summed E-state index contributed by atoms with van der Waals surface area (Å²) in [7, 11) is 0. The van der Waals surface area contributed by atoms with Gasteiger partial charge in [0, 0.05) is 47.0 Å². The Morgan fingerprint density at radius 2 is 1.61 bits per heavy atom. The Labute approximate surface area is 281 Å². The average molecular weight is 651 g/mol. The van der Waals surface area contributed by atoms with Gasteiger partial charge < -0.3 is 4.52 Å². The number of aromatic nitrogens is 6. The Hall–Kier alpha value is -5.96. The van der Waals surface area contributed by atoms with Gasteiger partial charge in [-0.1, -0.05) is 104 Å². The van der Waals surface area contributed by atoms with Crippen LogP contribution in [-0.4, -0.2) is 29.3 Å². The zero-order valence-corrected chi connectivity index (χ0v) is 26.9. The molecule has 1 atom stereocenters. The number of halogens is 2. The molecule has 0 spiro atoms. The van der Waals surface area contributed by atoms with E-state index in [-0.39, 0.29) is 17.4 Å². The van der Waals surface area contributed by atoms with Crippen molar-refractivity contribution < 1.29 is 13.3 Å². The largest absolute Gasteiger partial charge is 0.339 e. The van der Waals surface area contributed by atoms with Crippen LogP contribution in [0.25, 0.3) is 39.5 Å². The molecule has 9 heteroatoms.